The molecular weight excluding hydrogens is 231 g/mol. The molecule has 0 atom stereocenters. The van der Waals surface area contributed by atoms with Gasteiger partial charge in [0.05, 0.1) is 12.1 Å². The van der Waals surface area contributed by atoms with Crippen LogP contribution >= 0.6 is 0 Å². The van der Waals surface area contributed by atoms with Crippen molar-refractivity contribution in [1.29, 1.82) is 0 Å². The van der Waals surface area contributed by atoms with Gasteiger partial charge in [-0.15, -0.1) is 0 Å². The standard InChI is InChI=1S/C12H14F3NO/c1-2-6-16-8-11(17)9-4-3-5-10(7-9)12(13,14)15/h3-5,7,16H,2,6,8H2,1H3. The Labute approximate surface area is 97.8 Å². The fourth-order valence-electron chi connectivity index (χ4n) is 1.35. The molecule has 1 rings (SSSR count). The molecule has 0 radical (unpaired) electrons. The molecule has 0 saturated carbocycles. The first-order chi connectivity index (χ1) is 7.95. The SMILES string of the molecule is CCCNCC(=O)c1cccc(C(F)(F)F)c1. The topological polar surface area (TPSA) is 29.1 Å². The van der Waals surface area contributed by atoms with Crippen LogP contribution in [0.15, 0.2) is 24.3 Å². The van der Waals surface area contributed by atoms with E-state index in [0.29, 0.717) is 6.54 Å². The van der Waals surface area contributed by atoms with E-state index in [1.54, 1.807) is 0 Å². The molecule has 94 valence electrons. The van der Waals surface area contributed by atoms with Gasteiger partial charge < -0.3 is 5.32 Å². The van der Waals surface area contributed by atoms with E-state index >= 15 is 0 Å². The van der Waals surface area contributed by atoms with Gasteiger partial charge in [-0.3, -0.25) is 4.79 Å². The third-order valence-corrected chi connectivity index (χ3v) is 2.22. The molecular formula is C12H14F3NO. The molecule has 0 heterocycles. The zero-order valence-electron chi connectivity index (χ0n) is 9.47. The largest absolute Gasteiger partial charge is 0.416 e. The molecule has 0 amide bonds. The number of carbonyl (C=O) groups excluding carboxylic acids is 1. The van der Waals surface area contributed by atoms with Gasteiger partial charge in [-0.1, -0.05) is 19.1 Å². The molecule has 0 aliphatic heterocycles. The average molecular weight is 245 g/mol. The molecule has 2 nitrogen and oxygen atoms in total. The number of halogens is 3. The first-order valence-electron chi connectivity index (χ1n) is 5.36. The number of ketones is 1. The van der Waals surface area contributed by atoms with Crippen molar-refractivity contribution in [3.63, 3.8) is 0 Å². The molecule has 1 aromatic rings. The molecule has 5 heteroatoms. The summed E-state index contributed by atoms with van der Waals surface area (Å²) in [5.74, 6) is -0.329. The van der Waals surface area contributed by atoms with Gasteiger partial charge in [0.2, 0.25) is 0 Å². The highest BCUT2D eigenvalue weighted by atomic mass is 19.4. The van der Waals surface area contributed by atoms with Crippen molar-refractivity contribution in [2.24, 2.45) is 0 Å². The number of rotatable bonds is 5. The lowest BCUT2D eigenvalue weighted by Crippen LogP contribution is -2.23. The van der Waals surface area contributed by atoms with Crippen molar-refractivity contribution in [1.82, 2.24) is 5.32 Å². The fraction of sp³-hybridized carbons (Fsp3) is 0.417. The van der Waals surface area contributed by atoms with E-state index in [-0.39, 0.29) is 17.9 Å². The maximum absolute atomic E-state index is 12.4. The third-order valence-electron chi connectivity index (χ3n) is 2.22. The molecule has 1 N–H and O–H groups in total. The van der Waals surface area contributed by atoms with Gasteiger partial charge >= 0.3 is 6.18 Å². The number of hydrogen-bond donors (Lipinski definition) is 1. The fourth-order valence-corrected chi connectivity index (χ4v) is 1.35. The van der Waals surface area contributed by atoms with Crippen molar-refractivity contribution in [3.8, 4) is 0 Å². The second kappa shape index (κ2) is 5.82. The molecule has 17 heavy (non-hydrogen) atoms. The van der Waals surface area contributed by atoms with Crippen molar-refractivity contribution >= 4 is 5.78 Å². The number of carbonyl (C=O) groups is 1. The number of benzene rings is 1. The molecule has 0 bridgehead atoms. The number of hydrogen-bond acceptors (Lipinski definition) is 2. The van der Waals surface area contributed by atoms with Crippen LogP contribution in [0.4, 0.5) is 13.2 Å². The maximum Gasteiger partial charge on any atom is 0.416 e. The zero-order valence-corrected chi connectivity index (χ0v) is 9.47. The Morgan fingerprint density at radius 2 is 2.06 bits per heavy atom. The summed E-state index contributed by atoms with van der Waals surface area (Å²) in [7, 11) is 0. The maximum atomic E-state index is 12.4. The van der Waals surface area contributed by atoms with E-state index in [9.17, 15) is 18.0 Å². The summed E-state index contributed by atoms with van der Waals surface area (Å²) in [6.07, 6.45) is -3.54. The van der Waals surface area contributed by atoms with Crippen molar-refractivity contribution in [3.05, 3.63) is 35.4 Å². The van der Waals surface area contributed by atoms with Gasteiger partial charge in [-0.05, 0) is 25.1 Å². The van der Waals surface area contributed by atoms with Crippen molar-refractivity contribution < 1.29 is 18.0 Å². The van der Waals surface area contributed by atoms with E-state index in [4.69, 9.17) is 0 Å². The number of Topliss-reactive ketones (excluding diaryl/α,β-unsaturated/α-hetero) is 1. The van der Waals surface area contributed by atoms with Crippen LogP contribution in [0.2, 0.25) is 0 Å². The normalized spacial score (nSPS) is 11.5. The van der Waals surface area contributed by atoms with Crippen LogP contribution in [-0.4, -0.2) is 18.9 Å². The molecule has 0 aromatic heterocycles. The number of nitrogens with one attached hydrogen (secondary N) is 1. The van der Waals surface area contributed by atoms with Gasteiger partial charge in [-0.2, -0.15) is 13.2 Å². The highest BCUT2D eigenvalue weighted by Gasteiger charge is 2.30. The molecule has 0 saturated heterocycles. The summed E-state index contributed by atoms with van der Waals surface area (Å²) < 4.78 is 37.2. The highest BCUT2D eigenvalue weighted by Crippen LogP contribution is 2.29. The molecule has 0 unspecified atom stereocenters. The zero-order chi connectivity index (χ0) is 12.9. The first kappa shape index (κ1) is 13.7. The molecule has 0 aliphatic rings. The molecule has 1 aromatic carbocycles. The quantitative estimate of drug-likeness (QED) is 0.638. The summed E-state index contributed by atoms with van der Waals surface area (Å²) in [5, 5.41) is 2.86. The van der Waals surface area contributed by atoms with Crippen LogP contribution in [0.3, 0.4) is 0 Å². The van der Waals surface area contributed by atoms with E-state index in [2.05, 4.69) is 5.32 Å². The summed E-state index contributed by atoms with van der Waals surface area (Å²) in [6.45, 7) is 2.68. The summed E-state index contributed by atoms with van der Waals surface area (Å²) >= 11 is 0. The smallest absolute Gasteiger partial charge is 0.310 e. The van der Waals surface area contributed by atoms with Gasteiger partial charge in [0, 0.05) is 5.56 Å². The van der Waals surface area contributed by atoms with Crippen LogP contribution in [0.5, 0.6) is 0 Å². The van der Waals surface area contributed by atoms with E-state index in [0.717, 1.165) is 18.6 Å². The predicted molar refractivity (Wildman–Crippen MR) is 58.9 cm³/mol. The minimum Gasteiger partial charge on any atom is -0.310 e. The van der Waals surface area contributed by atoms with Gasteiger partial charge in [0.1, 0.15) is 0 Å². The van der Waals surface area contributed by atoms with Crippen molar-refractivity contribution in [2.45, 2.75) is 19.5 Å². The lowest BCUT2D eigenvalue weighted by atomic mass is 10.1. The van der Waals surface area contributed by atoms with Crippen LogP contribution < -0.4 is 5.32 Å². The second-order valence-electron chi connectivity index (χ2n) is 3.68. The first-order valence-corrected chi connectivity index (χ1v) is 5.36. The Morgan fingerprint density at radius 3 is 2.65 bits per heavy atom. The molecule has 0 fully saturated rings. The second-order valence-corrected chi connectivity index (χ2v) is 3.68. The van der Waals surface area contributed by atoms with Crippen LogP contribution in [-0.2, 0) is 6.18 Å². The predicted octanol–water partition coefficient (Wildman–Crippen LogP) is 2.89. The Kier molecular flexibility index (Phi) is 4.69. The Bertz CT molecular complexity index is 388. The lowest BCUT2D eigenvalue weighted by molar-refractivity contribution is -0.137. The van der Waals surface area contributed by atoms with E-state index in [1.807, 2.05) is 6.92 Å². The minimum absolute atomic E-state index is 0.0646. The Balaban J connectivity index is 2.74. The summed E-state index contributed by atoms with van der Waals surface area (Å²) in [6, 6.07) is 4.48. The van der Waals surface area contributed by atoms with Crippen molar-refractivity contribution in [2.75, 3.05) is 13.1 Å². The monoisotopic (exact) mass is 245 g/mol. The summed E-state index contributed by atoms with van der Waals surface area (Å²) in [5.41, 5.74) is -0.706. The Hall–Kier alpha value is -1.36. The van der Waals surface area contributed by atoms with Gasteiger partial charge in [-0.25, -0.2) is 0 Å². The van der Waals surface area contributed by atoms with Gasteiger partial charge in [0.15, 0.2) is 5.78 Å². The number of alkyl halides is 3. The minimum atomic E-state index is -4.41. The van der Waals surface area contributed by atoms with E-state index in [1.165, 1.54) is 12.1 Å². The van der Waals surface area contributed by atoms with E-state index < -0.39 is 11.7 Å². The van der Waals surface area contributed by atoms with Crippen LogP contribution in [0, 0.1) is 0 Å². The highest BCUT2D eigenvalue weighted by molar-refractivity contribution is 5.97. The molecule has 0 aliphatic carbocycles. The average Bonchev–Trinajstić information content (AvgIpc) is 2.28. The third kappa shape index (κ3) is 4.19. The van der Waals surface area contributed by atoms with Crippen LogP contribution in [0.25, 0.3) is 0 Å². The van der Waals surface area contributed by atoms with Gasteiger partial charge in [0.25, 0.3) is 0 Å². The summed E-state index contributed by atoms with van der Waals surface area (Å²) in [4.78, 5) is 11.6. The lowest BCUT2D eigenvalue weighted by Gasteiger charge is -2.08. The van der Waals surface area contributed by atoms with Crippen LogP contribution in [0.1, 0.15) is 29.3 Å². The molecule has 0 spiro atoms. The Morgan fingerprint density at radius 1 is 1.35 bits per heavy atom.